The second-order valence-corrected chi connectivity index (χ2v) is 3.54. The first-order valence-electron chi connectivity index (χ1n) is 4.56. The number of unbranched alkanes of at least 4 members (excludes halogenated alkanes) is 3. The van der Waals surface area contributed by atoms with Crippen molar-refractivity contribution in [2.75, 3.05) is 13.2 Å². The van der Waals surface area contributed by atoms with E-state index < -0.39 is 8.60 Å². The molecule has 1 atom stereocenters. The van der Waals surface area contributed by atoms with Crippen LogP contribution < -0.4 is 0 Å². The van der Waals surface area contributed by atoms with E-state index in [0.717, 1.165) is 6.42 Å². The molecule has 3 nitrogen and oxygen atoms in total. The molecule has 0 heterocycles. The van der Waals surface area contributed by atoms with E-state index >= 15 is 0 Å². The highest BCUT2D eigenvalue weighted by Crippen LogP contribution is 2.32. The maximum absolute atomic E-state index is 9.03. The van der Waals surface area contributed by atoms with Crippen LogP contribution in [0.4, 0.5) is 0 Å². The van der Waals surface area contributed by atoms with Crippen LogP contribution in [-0.4, -0.2) is 18.1 Å². The Morgan fingerprint density at radius 1 is 1.08 bits per heavy atom. The molecule has 0 amide bonds. The van der Waals surface area contributed by atoms with E-state index in [9.17, 15) is 0 Å². The molecule has 0 saturated heterocycles. The van der Waals surface area contributed by atoms with Gasteiger partial charge in [-0.05, 0) is 13.3 Å². The normalized spacial score (nSPS) is 13.2. The molecule has 0 radical (unpaired) electrons. The summed E-state index contributed by atoms with van der Waals surface area (Å²) in [6, 6.07) is 0. The summed E-state index contributed by atoms with van der Waals surface area (Å²) in [4.78, 5) is 9.03. The van der Waals surface area contributed by atoms with Gasteiger partial charge in [-0.2, -0.15) is 0 Å². The van der Waals surface area contributed by atoms with Crippen molar-refractivity contribution in [1.82, 2.24) is 0 Å². The third kappa shape index (κ3) is 8.41. The second-order valence-electron chi connectivity index (χ2n) is 2.55. The van der Waals surface area contributed by atoms with Crippen LogP contribution in [-0.2, 0) is 9.05 Å². The smallest absolute Gasteiger partial charge is 0.328 e. The van der Waals surface area contributed by atoms with Gasteiger partial charge >= 0.3 is 8.60 Å². The molecule has 4 heteroatoms. The molecule has 0 spiro atoms. The topological polar surface area (TPSA) is 38.7 Å². The highest BCUT2D eigenvalue weighted by Gasteiger charge is 2.03. The molecule has 0 aromatic rings. The summed E-state index contributed by atoms with van der Waals surface area (Å²) in [5.74, 6) is 0. The molecule has 74 valence electrons. The third-order valence-corrected chi connectivity index (χ3v) is 2.32. The van der Waals surface area contributed by atoms with E-state index in [1.165, 1.54) is 19.3 Å². The Bertz CT molecular complexity index is 90.4. The predicted octanol–water partition coefficient (Wildman–Crippen LogP) is 2.84. The fourth-order valence-corrected chi connectivity index (χ4v) is 1.40. The lowest BCUT2D eigenvalue weighted by Gasteiger charge is -2.08. The van der Waals surface area contributed by atoms with Crippen molar-refractivity contribution in [2.24, 2.45) is 0 Å². The van der Waals surface area contributed by atoms with Gasteiger partial charge in [0.2, 0.25) is 0 Å². The molecule has 0 aliphatic heterocycles. The van der Waals surface area contributed by atoms with E-state index in [2.05, 4.69) is 6.92 Å². The average Bonchev–Trinajstić information content (AvgIpc) is 2.05. The monoisotopic (exact) mass is 194 g/mol. The van der Waals surface area contributed by atoms with Crippen molar-refractivity contribution >= 4 is 8.60 Å². The minimum Gasteiger partial charge on any atom is -0.328 e. The van der Waals surface area contributed by atoms with Crippen LogP contribution in [0.2, 0.25) is 0 Å². The molecule has 12 heavy (non-hydrogen) atoms. The van der Waals surface area contributed by atoms with Crippen molar-refractivity contribution in [2.45, 2.75) is 39.5 Å². The minimum atomic E-state index is -1.60. The lowest BCUT2D eigenvalue weighted by molar-refractivity contribution is 0.204. The zero-order valence-electron chi connectivity index (χ0n) is 7.95. The van der Waals surface area contributed by atoms with E-state index in [1.54, 1.807) is 0 Å². The van der Waals surface area contributed by atoms with Crippen LogP contribution in [0.15, 0.2) is 0 Å². The molecular formula is C8H19O3P. The van der Waals surface area contributed by atoms with Gasteiger partial charge < -0.3 is 13.9 Å². The third-order valence-electron chi connectivity index (χ3n) is 1.44. The molecule has 0 fully saturated rings. The molecule has 0 saturated carbocycles. The van der Waals surface area contributed by atoms with Crippen LogP contribution >= 0.6 is 8.60 Å². The second kappa shape index (κ2) is 9.40. The van der Waals surface area contributed by atoms with E-state index in [0.29, 0.717) is 13.2 Å². The number of hydrogen-bond acceptors (Lipinski definition) is 3. The van der Waals surface area contributed by atoms with Gasteiger partial charge in [0, 0.05) is 0 Å². The summed E-state index contributed by atoms with van der Waals surface area (Å²) in [5.41, 5.74) is 0. The zero-order chi connectivity index (χ0) is 9.23. The van der Waals surface area contributed by atoms with E-state index in [1.807, 2.05) is 6.92 Å². The van der Waals surface area contributed by atoms with Gasteiger partial charge in [0.1, 0.15) is 0 Å². The van der Waals surface area contributed by atoms with Crippen LogP contribution in [0.25, 0.3) is 0 Å². The van der Waals surface area contributed by atoms with Crippen LogP contribution in [0.1, 0.15) is 39.5 Å². The minimum absolute atomic E-state index is 0.511. The first-order chi connectivity index (χ1) is 5.81. The highest BCUT2D eigenvalue weighted by atomic mass is 31.2. The molecule has 0 aliphatic carbocycles. The molecule has 0 aromatic carbocycles. The van der Waals surface area contributed by atoms with Gasteiger partial charge in [0.25, 0.3) is 0 Å². The van der Waals surface area contributed by atoms with Gasteiger partial charge in [0.15, 0.2) is 0 Å². The van der Waals surface area contributed by atoms with Gasteiger partial charge in [-0.15, -0.1) is 0 Å². The van der Waals surface area contributed by atoms with Crippen molar-refractivity contribution in [3.63, 3.8) is 0 Å². The molecule has 0 rings (SSSR count). The summed E-state index contributed by atoms with van der Waals surface area (Å²) >= 11 is 0. The van der Waals surface area contributed by atoms with Crippen molar-refractivity contribution in [3.8, 4) is 0 Å². The van der Waals surface area contributed by atoms with Crippen LogP contribution in [0, 0.1) is 0 Å². The largest absolute Gasteiger partial charge is 0.329 e. The highest BCUT2D eigenvalue weighted by molar-refractivity contribution is 7.40. The first-order valence-corrected chi connectivity index (χ1v) is 5.69. The Balaban J connectivity index is 2.97. The van der Waals surface area contributed by atoms with Gasteiger partial charge in [-0.1, -0.05) is 26.2 Å². The summed E-state index contributed by atoms with van der Waals surface area (Å²) in [6.45, 7) is 5.13. The standard InChI is InChI=1S/C8H19O3P/c1-3-5-6-7-8-11-12(9)10-4-2/h9H,3-8H2,1-2H3. The van der Waals surface area contributed by atoms with Crippen LogP contribution in [0.5, 0.6) is 0 Å². The maximum atomic E-state index is 9.03. The fourth-order valence-electron chi connectivity index (χ4n) is 0.819. The Hall–Kier alpha value is 0.310. The average molecular weight is 194 g/mol. The van der Waals surface area contributed by atoms with Gasteiger partial charge in [-0.3, -0.25) is 0 Å². The van der Waals surface area contributed by atoms with Gasteiger partial charge in [-0.25, -0.2) is 0 Å². The fraction of sp³-hybridized carbons (Fsp3) is 1.00. The van der Waals surface area contributed by atoms with E-state index in [-0.39, 0.29) is 0 Å². The Morgan fingerprint density at radius 3 is 2.42 bits per heavy atom. The SMILES string of the molecule is CCCCCCOP(O)OCC. The zero-order valence-corrected chi connectivity index (χ0v) is 8.85. The van der Waals surface area contributed by atoms with Gasteiger partial charge in [0.05, 0.1) is 13.2 Å². The van der Waals surface area contributed by atoms with E-state index in [4.69, 9.17) is 13.9 Å². The predicted molar refractivity (Wildman–Crippen MR) is 50.9 cm³/mol. The molecule has 0 aromatic heterocycles. The number of rotatable bonds is 8. The summed E-state index contributed by atoms with van der Waals surface area (Å²) in [5, 5.41) is 0. The van der Waals surface area contributed by atoms with Crippen LogP contribution in [0.3, 0.4) is 0 Å². The molecular weight excluding hydrogens is 175 g/mol. The Labute approximate surface area is 76.1 Å². The lowest BCUT2D eigenvalue weighted by Crippen LogP contribution is -1.92. The van der Waals surface area contributed by atoms with Crippen molar-refractivity contribution in [3.05, 3.63) is 0 Å². The maximum Gasteiger partial charge on any atom is 0.329 e. The first kappa shape index (κ1) is 12.3. The molecule has 0 bridgehead atoms. The molecule has 1 N–H and O–H groups in total. The summed E-state index contributed by atoms with van der Waals surface area (Å²) in [6.07, 6.45) is 4.65. The Morgan fingerprint density at radius 2 is 1.83 bits per heavy atom. The van der Waals surface area contributed by atoms with Crippen molar-refractivity contribution in [1.29, 1.82) is 0 Å². The number of hydrogen-bond donors (Lipinski definition) is 1. The summed E-state index contributed by atoms with van der Waals surface area (Å²) < 4.78 is 9.87. The van der Waals surface area contributed by atoms with Crippen molar-refractivity contribution < 1.29 is 13.9 Å². The molecule has 1 unspecified atom stereocenters. The Kier molecular flexibility index (Phi) is 9.64. The molecule has 0 aliphatic rings. The summed E-state index contributed by atoms with van der Waals surface area (Å²) in [7, 11) is -1.60. The lowest BCUT2D eigenvalue weighted by atomic mass is 10.2. The quantitative estimate of drug-likeness (QED) is 0.477.